The second-order valence-corrected chi connectivity index (χ2v) is 5.83. The monoisotopic (exact) mass is 279 g/mol. The average Bonchev–Trinajstić information content (AvgIpc) is 2.79. The predicted molar refractivity (Wildman–Crippen MR) is 76.2 cm³/mol. The fourth-order valence-corrected chi connectivity index (χ4v) is 2.97. The van der Waals surface area contributed by atoms with E-state index in [2.05, 4.69) is 10.4 Å². The van der Waals surface area contributed by atoms with Crippen molar-refractivity contribution in [3.8, 4) is 5.88 Å². The minimum absolute atomic E-state index is 0.128. The molecule has 2 heterocycles. The van der Waals surface area contributed by atoms with Gasteiger partial charge in [0.05, 0.1) is 18.4 Å². The van der Waals surface area contributed by atoms with Crippen LogP contribution in [-0.4, -0.2) is 22.8 Å². The molecule has 0 saturated carbocycles. The Balaban J connectivity index is 2.31. The number of rotatable bonds is 3. The number of anilines is 1. The lowest BCUT2D eigenvalue weighted by molar-refractivity contribution is 0.102. The number of aromatic nitrogens is 2. The Morgan fingerprint density at radius 2 is 2.11 bits per heavy atom. The van der Waals surface area contributed by atoms with E-state index in [1.165, 1.54) is 0 Å². The van der Waals surface area contributed by atoms with Crippen molar-refractivity contribution in [2.45, 2.75) is 20.8 Å². The minimum atomic E-state index is -0.128. The van der Waals surface area contributed by atoms with Gasteiger partial charge in [-0.1, -0.05) is 0 Å². The normalized spacial score (nSPS) is 10.6. The van der Waals surface area contributed by atoms with Gasteiger partial charge in [-0.2, -0.15) is 5.10 Å². The first-order valence-electron chi connectivity index (χ1n) is 5.90. The highest BCUT2D eigenvalue weighted by atomic mass is 32.1. The standard InChI is InChI=1S/C13H17N3O2S/c1-7-6-10(9(3)19-7)12(17)14-11-8(2)15-16(4)13(11)18-5/h6H,1-5H3,(H,14,17). The largest absolute Gasteiger partial charge is 0.480 e. The molecule has 2 rings (SSSR count). The van der Waals surface area contributed by atoms with Crippen molar-refractivity contribution < 1.29 is 9.53 Å². The van der Waals surface area contributed by atoms with E-state index < -0.39 is 0 Å². The van der Waals surface area contributed by atoms with Gasteiger partial charge in [0.2, 0.25) is 5.88 Å². The second kappa shape index (κ2) is 5.05. The summed E-state index contributed by atoms with van der Waals surface area (Å²) < 4.78 is 6.87. The van der Waals surface area contributed by atoms with Crippen molar-refractivity contribution in [1.82, 2.24) is 9.78 Å². The first-order valence-corrected chi connectivity index (χ1v) is 6.71. The van der Waals surface area contributed by atoms with Gasteiger partial charge in [0.25, 0.3) is 5.91 Å². The highest BCUT2D eigenvalue weighted by molar-refractivity contribution is 7.12. The second-order valence-electron chi connectivity index (χ2n) is 4.37. The van der Waals surface area contributed by atoms with Crippen molar-refractivity contribution in [2.24, 2.45) is 7.05 Å². The van der Waals surface area contributed by atoms with Gasteiger partial charge in [0, 0.05) is 16.8 Å². The van der Waals surface area contributed by atoms with Crippen LogP contribution in [0.3, 0.4) is 0 Å². The molecule has 6 heteroatoms. The number of amides is 1. The lowest BCUT2D eigenvalue weighted by Crippen LogP contribution is -2.13. The number of carbonyl (C=O) groups is 1. The highest BCUT2D eigenvalue weighted by Gasteiger charge is 2.19. The Morgan fingerprint density at radius 3 is 2.63 bits per heavy atom. The summed E-state index contributed by atoms with van der Waals surface area (Å²) >= 11 is 1.61. The molecule has 1 N–H and O–H groups in total. The van der Waals surface area contributed by atoms with E-state index in [0.29, 0.717) is 17.1 Å². The van der Waals surface area contributed by atoms with Crippen LogP contribution in [0.2, 0.25) is 0 Å². The maximum absolute atomic E-state index is 12.3. The summed E-state index contributed by atoms with van der Waals surface area (Å²) in [6.07, 6.45) is 0. The molecular formula is C13H17N3O2S. The molecule has 0 saturated heterocycles. The fourth-order valence-electron chi connectivity index (χ4n) is 2.05. The molecule has 0 bridgehead atoms. The molecule has 102 valence electrons. The van der Waals surface area contributed by atoms with Gasteiger partial charge >= 0.3 is 0 Å². The Labute approximate surface area is 116 Å². The number of hydrogen-bond donors (Lipinski definition) is 1. The number of ether oxygens (including phenoxy) is 1. The summed E-state index contributed by atoms with van der Waals surface area (Å²) in [4.78, 5) is 14.4. The van der Waals surface area contributed by atoms with Gasteiger partial charge in [-0.15, -0.1) is 11.3 Å². The Morgan fingerprint density at radius 1 is 1.42 bits per heavy atom. The molecule has 2 aromatic rings. The lowest BCUT2D eigenvalue weighted by atomic mass is 10.2. The Hall–Kier alpha value is -1.82. The molecule has 0 aliphatic carbocycles. The third-order valence-electron chi connectivity index (χ3n) is 2.89. The van der Waals surface area contributed by atoms with E-state index in [0.717, 1.165) is 15.4 Å². The predicted octanol–water partition coefficient (Wildman–Crippen LogP) is 2.67. The topological polar surface area (TPSA) is 56.1 Å². The molecule has 0 aromatic carbocycles. The van der Waals surface area contributed by atoms with Gasteiger partial charge in [-0.05, 0) is 26.8 Å². The van der Waals surface area contributed by atoms with Crippen molar-refractivity contribution in [3.63, 3.8) is 0 Å². The zero-order chi connectivity index (χ0) is 14.2. The molecule has 1 amide bonds. The minimum Gasteiger partial charge on any atom is -0.480 e. The Bertz CT molecular complexity index is 628. The molecule has 2 aromatic heterocycles. The molecule has 0 unspecified atom stereocenters. The molecule has 0 aliphatic heterocycles. The third-order valence-corrected chi connectivity index (χ3v) is 3.85. The van der Waals surface area contributed by atoms with Crippen LogP contribution < -0.4 is 10.1 Å². The quantitative estimate of drug-likeness (QED) is 0.939. The van der Waals surface area contributed by atoms with Crippen molar-refractivity contribution in [2.75, 3.05) is 12.4 Å². The number of nitrogens with one attached hydrogen (secondary N) is 1. The van der Waals surface area contributed by atoms with Gasteiger partial charge in [0.1, 0.15) is 5.69 Å². The van der Waals surface area contributed by atoms with Crippen LogP contribution in [0.1, 0.15) is 25.8 Å². The first-order chi connectivity index (χ1) is 8.93. The molecular weight excluding hydrogens is 262 g/mol. The number of aryl methyl sites for hydroxylation is 4. The van der Waals surface area contributed by atoms with Crippen molar-refractivity contribution >= 4 is 22.9 Å². The third kappa shape index (κ3) is 2.49. The summed E-state index contributed by atoms with van der Waals surface area (Å²) in [7, 11) is 3.34. The SMILES string of the molecule is COc1c(NC(=O)c2cc(C)sc2C)c(C)nn1C. The van der Waals surface area contributed by atoms with Gasteiger partial charge < -0.3 is 10.1 Å². The maximum atomic E-state index is 12.3. The van der Waals surface area contributed by atoms with E-state index >= 15 is 0 Å². The number of carbonyl (C=O) groups excluding carboxylic acids is 1. The van der Waals surface area contributed by atoms with E-state index in [-0.39, 0.29) is 5.91 Å². The number of thiophene rings is 1. The molecule has 0 aliphatic rings. The van der Waals surface area contributed by atoms with Gasteiger partial charge in [-0.25, -0.2) is 4.68 Å². The molecule has 0 atom stereocenters. The van der Waals surface area contributed by atoms with Crippen LogP contribution in [0.25, 0.3) is 0 Å². The van der Waals surface area contributed by atoms with Crippen LogP contribution in [0.5, 0.6) is 5.88 Å². The fraction of sp³-hybridized carbons (Fsp3) is 0.385. The van der Waals surface area contributed by atoms with Crippen molar-refractivity contribution in [3.05, 3.63) is 27.1 Å². The number of hydrogen-bond acceptors (Lipinski definition) is 4. The van der Waals surface area contributed by atoms with Crippen LogP contribution >= 0.6 is 11.3 Å². The molecule has 0 fully saturated rings. The maximum Gasteiger partial charge on any atom is 0.256 e. The smallest absolute Gasteiger partial charge is 0.256 e. The number of nitrogens with zero attached hydrogens (tertiary/aromatic N) is 2. The van der Waals surface area contributed by atoms with Crippen LogP contribution in [0.15, 0.2) is 6.07 Å². The zero-order valence-corrected chi connectivity index (χ0v) is 12.5. The molecule has 0 radical (unpaired) electrons. The first kappa shape index (κ1) is 13.6. The van der Waals surface area contributed by atoms with Crippen LogP contribution in [0, 0.1) is 20.8 Å². The zero-order valence-electron chi connectivity index (χ0n) is 11.7. The summed E-state index contributed by atoms with van der Waals surface area (Å²) in [6.45, 7) is 5.77. The summed E-state index contributed by atoms with van der Waals surface area (Å²) in [5, 5.41) is 7.12. The van der Waals surface area contributed by atoms with E-state index in [9.17, 15) is 4.79 Å². The summed E-state index contributed by atoms with van der Waals surface area (Å²) in [5.41, 5.74) is 2.06. The summed E-state index contributed by atoms with van der Waals surface area (Å²) in [5.74, 6) is 0.423. The lowest BCUT2D eigenvalue weighted by Gasteiger charge is -2.06. The molecule has 19 heavy (non-hydrogen) atoms. The summed E-state index contributed by atoms with van der Waals surface area (Å²) in [6, 6.07) is 1.90. The van der Waals surface area contributed by atoms with Gasteiger partial charge in [0.15, 0.2) is 0 Å². The highest BCUT2D eigenvalue weighted by Crippen LogP contribution is 2.28. The van der Waals surface area contributed by atoms with Gasteiger partial charge in [-0.3, -0.25) is 4.79 Å². The van der Waals surface area contributed by atoms with Crippen LogP contribution in [-0.2, 0) is 7.05 Å². The molecule has 5 nitrogen and oxygen atoms in total. The van der Waals surface area contributed by atoms with E-state index in [1.54, 1.807) is 30.2 Å². The van der Waals surface area contributed by atoms with E-state index in [1.807, 2.05) is 26.8 Å². The Kier molecular flexibility index (Phi) is 3.61. The van der Waals surface area contributed by atoms with E-state index in [4.69, 9.17) is 4.74 Å². The van der Waals surface area contributed by atoms with Crippen LogP contribution in [0.4, 0.5) is 5.69 Å². The van der Waals surface area contributed by atoms with Crippen molar-refractivity contribution in [1.29, 1.82) is 0 Å². The molecule has 0 spiro atoms. The number of methoxy groups -OCH3 is 1. The average molecular weight is 279 g/mol.